The molecule has 0 saturated heterocycles. The molecule has 1 amide bonds. The molecule has 0 radical (unpaired) electrons. The Morgan fingerprint density at radius 2 is 2.04 bits per heavy atom. The van der Waals surface area contributed by atoms with Crippen molar-refractivity contribution in [3.05, 3.63) is 76.9 Å². The van der Waals surface area contributed by atoms with Crippen molar-refractivity contribution in [2.75, 3.05) is 7.11 Å². The van der Waals surface area contributed by atoms with Crippen LogP contribution in [-0.4, -0.2) is 22.4 Å². The number of nitrogens with one attached hydrogen (secondary N) is 1. The summed E-state index contributed by atoms with van der Waals surface area (Å²) in [7, 11) is 1.63. The van der Waals surface area contributed by atoms with Crippen LogP contribution in [0.25, 0.3) is 16.2 Å². The summed E-state index contributed by atoms with van der Waals surface area (Å²) in [6.07, 6.45) is 2.31. The van der Waals surface area contributed by atoms with E-state index in [9.17, 15) is 4.79 Å². The van der Waals surface area contributed by atoms with Gasteiger partial charge in [-0.1, -0.05) is 42.0 Å². The molecule has 0 bridgehead atoms. The van der Waals surface area contributed by atoms with Gasteiger partial charge in [0.1, 0.15) is 5.75 Å². The molecule has 4 aromatic rings. The first-order valence-electron chi connectivity index (χ1n) is 9.04. The quantitative estimate of drug-likeness (QED) is 0.535. The molecule has 2 aromatic heterocycles. The maximum absolute atomic E-state index is 12.4. The third kappa shape index (κ3) is 3.92. The van der Waals surface area contributed by atoms with Crippen LogP contribution in [0.5, 0.6) is 5.75 Å². The highest BCUT2D eigenvalue weighted by Crippen LogP contribution is 2.24. The minimum Gasteiger partial charge on any atom is -0.497 e. The number of carbonyl (C=O) groups excluding carboxylic acids is 1. The van der Waals surface area contributed by atoms with Gasteiger partial charge in [0.15, 0.2) is 4.96 Å². The lowest BCUT2D eigenvalue weighted by Gasteiger charge is -2.07. The lowest BCUT2D eigenvalue weighted by Crippen LogP contribution is -2.25. The van der Waals surface area contributed by atoms with E-state index in [1.807, 2.05) is 40.2 Å². The number of ether oxygens (including phenoxy) is 1. The first-order chi connectivity index (χ1) is 13.6. The van der Waals surface area contributed by atoms with Gasteiger partial charge in [-0.05, 0) is 24.6 Å². The zero-order valence-electron chi connectivity index (χ0n) is 15.8. The molecule has 0 aliphatic rings. The van der Waals surface area contributed by atoms with Gasteiger partial charge < -0.3 is 10.1 Å². The summed E-state index contributed by atoms with van der Waals surface area (Å²) in [4.78, 5) is 18.0. The second kappa shape index (κ2) is 7.86. The second-order valence-electron chi connectivity index (χ2n) is 6.68. The van der Waals surface area contributed by atoms with Crippen molar-refractivity contribution in [3.63, 3.8) is 0 Å². The standard InChI is InChI=1S/C22H21N3O2S/c1-15-6-8-17(9-7-15)20-13-25-18(14-28-22(25)24-20)11-21(26)23-12-16-4-3-5-19(10-16)27-2/h3-10,13-14H,11-12H2,1-2H3,(H,23,26). The van der Waals surface area contributed by atoms with Crippen LogP contribution in [0.3, 0.4) is 0 Å². The van der Waals surface area contributed by atoms with Crippen molar-refractivity contribution >= 4 is 22.2 Å². The van der Waals surface area contributed by atoms with E-state index in [2.05, 4.69) is 41.5 Å². The van der Waals surface area contributed by atoms with E-state index >= 15 is 0 Å². The minimum atomic E-state index is -0.0203. The number of nitrogens with zero attached hydrogens (tertiary/aromatic N) is 2. The van der Waals surface area contributed by atoms with E-state index in [4.69, 9.17) is 4.74 Å². The smallest absolute Gasteiger partial charge is 0.226 e. The molecule has 1 N–H and O–H groups in total. The van der Waals surface area contributed by atoms with E-state index in [0.29, 0.717) is 13.0 Å². The molecule has 5 nitrogen and oxygen atoms in total. The van der Waals surface area contributed by atoms with Gasteiger partial charge >= 0.3 is 0 Å². The number of fused-ring (bicyclic) bond motifs is 1. The van der Waals surface area contributed by atoms with Crippen molar-refractivity contribution < 1.29 is 9.53 Å². The lowest BCUT2D eigenvalue weighted by atomic mass is 10.1. The molecule has 4 rings (SSSR count). The summed E-state index contributed by atoms with van der Waals surface area (Å²) in [6.45, 7) is 2.54. The predicted molar refractivity (Wildman–Crippen MR) is 112 cm³/mol. The van der Waals surface area contributed by atoms with E-state index in [1.165, 1.54) is 5.56 Å². The zero-order valence-corrected chi connectivity index (χ0v) is 16.6. The maximum Gasteiger partial charge on any atom is 0.226 e. The molecule has 142 valence electrons. The van der Waals surface area contributed by atoms with Gasteiger partial charge in [-0.2, -0.15) is 0 Å². The number of amides is 1. The molecule has 28 heavy (non-hydrogen) atoms. The molecule has 0 aliphatic heterocycles. The summed E-state index contributed by atoms with van der Waals surface area (Å²) in [5, 5.41) is 4.97. The summed E-state index contributed by atoms with van der Waals surface area (Å²) in [6, 6.07) is 16.0. The highest BCUT2D eigenvalue weighted by atomic mass is 32.1. The van der Waals surface area contributed by atoms with Crippen LogP contribution in [0.2, 0.25) is 0 Å². The van der Waals surface area contributed by atoms with Crippen LogP contribution >= 0.6 is 11.3 Å². The van der Waals surface area contributed by atoms with Gasteiger partial charge in [-0.3, -0.25) is 9.20 Å². The third-order valence-electron chi connectivity index (χ3n) is 4.60. The van der Waals surface area contributed by atoms with Crippen LogP contribution in [0.1, 0.15) is 16.8 Å². The average Bonchev–Trinajstić information content (AvgIpc) is 3.29. The van der Waals surface area contributed by atoms with E-state index < -0.39 is 0 Å². The molecular formula is C22H21N3O2S. The molecule has 2 aromatic carbocycles. The van der Waals surface area contributed by atoms with Crippen LogP contribution in [0.15, 0.2) is 60.1 Å². The van der Waals surface area contributed by atoms with Gasteiger partial charge in [0, 0.05) is 29.4 Å². The topological polar surface area (TPSA) is 55.6 Å². The zero-order chi connectivity index (χ0) is 19.5. The van der Waals surface area contributed by atoms with Crippen molar-refractivity contribution in [2.45, 2.75) is 19.9 Å². The Morgan fingerprint density at radius 1 is 1.21 bits per heavy atom. The van der Waals surface area contributed by atoms with Crippen LogP contribution < -0.4 is 10.1 Å². The van der Waals surface area contributed by atoms with E-state index in [1.54, 1.807) is 18.4 Å². The Bertz CT molecular complexity index is 1110. The monoisotopic (exact) mass is 391 g/mol. The summed E-state index contributed by atoms with van der Waals surface area (Å²) in [5.41, 5.74) is 5.17. The van der Waals surface area contributed by atoms with Gasteiger partial charge in [0.2, 0.25) is 5.91 Å². The third-order valence-corrected chi connectivity index (χ3v) is 5.48. The maximum atomic E-state index is 12.4. The van der Waals surface area contributed by atoms with Gasteiger partial charge in [-0.15, -0.1) is 11.3 Å². The number of hydrogen-bond donors (Lipinski definition) is 1. The van der Waals surface area contributed by atoms with E-state index in [-0.39, 0.29) is 5.91 Å². The average molecular weight is 391 g/mol. The van der Waals surface area contributed by atoms with Crippen molar-refractivity contribution in [2.24, 2.45) is 0 Å². The van der Waals surface area contributed by atoms with Crippen molar-refractivity contribution in [3.8, 4) is 17.0 Å². The van der Waals surface area contributed by atoms with Crippen LogP contribution in [-0.2, 0) is 17.8 Å². The van der Waals surface area contributed by atoms with E-state index in [0.717, 1.165) is 33.2 Å². The summed E-state index contributed by atoms with van der Waals surface area (Å²) >= 11 is 1.55. The Kier molecular flexibility index (Phi) is 5.12. The van der Waals surface area contributed by atoms with Crippen LogP contribution in [0.4, 0.5) is 0 Å². The molecule has 2 heterocycles. The molecule has 0 saturated carbocycles. The molecule has 0 unspecified atom stereocenters. The fourth-order valence-corrected chi connectivity index (χ4v) is 3.90. The van der Waals surface area contributed by atoms with Gasteiger partial charge in [-0.25, -0.2) is 4.98 Å². The molecular weight excluding hydrogens is 370 g/mol. The number of thiazole rings is 1. The van der Waals surface area contributed by atoms with Crippen LogP contribution in [0, 0.1) is 6.92 Å². The number of benzene rings is 2. The lowest BCUT2D eigenvalue weighted by molar-refractivity contribution is -0.120. The predicted octanol–water partition coefficient (Wildman–Crippen LogP) is 4.24. The number of rotatable bonds is 6. The summed E-state index contributed by atoms with van der Waals surface area (Å²) < 4.78 is 7.22. The number of carbonyl (C=O) groups is 1. The molecule has 0 spiro atoms. The number of aromatic nitrogens is 2. The highest BCUT2D eigenvalue weighted by molar-refractivity contribution is 7.15. The fourth-order valence-electron chi connectivity index (χ4n) is 3.03. The largest absolute Gasteiger partial charge is 0.497 e. The Hall–Kier alpha value is -3.12. The summed E-state index contributed by atoms with van der Waals surface area (Å²) in [5.74, 6) is 0.765. The first kappa shape index (κ1) is 18.3. The SMILES string of the molecule is COc1cccc(CNC(=O)Cc2csc3nc(-c4ccc(C)cc4)cn23)c1. The second-order valence-corrected chi connectivity index (χ2v) is 7.51. The first-order valence-corrected chi connectivity index (χ1v) is 9.92. The molecule has 0 aliphatic carbocycles. The number of hydrogen-bond acceptors (Lipinski definition) is 4. The number of imidazole rings is 1. The Labute approximate surface area is 167 Å². The van der Waals surface area contributed by atoms with Gasteiger partial charge in [0.05, 0.1) is 19.2 Å². The van der Waals surface area contributed by atoms with Crippen molar-refractivity contribution in [1.82, 2.24) is 14.7 Å². The number of aryl methyl sites for hydroxylation is 1. The molecule has 0 fully saturated rings. The van der Waals surface area contributed by atoms with Crippen molar-refractivity contribution in [1.29, 1.82) is 0 Å². The molecule has 6 heteroatoms. The fraction of sp³-hybridized carbons (Fsp3) is 0.182. The normalized spacial score (nSPS) is 10.9. The highest BCUT2D eigenvalue weighted by Gasteiger charge is 2.12. The Balaban J connectivity index is 1.45. The van der Waals surface area contributed by atoms with Gasteiger partial charge in [0.25, 0.3) is 0 Å². The Morgan fingerprint density at radius 3 is 2.82 bits per heavy atom. The number of methoxy groups -OCH3 is 1. The molecule has 0 atom stereocenters. The minimum absolute atomic E-state index is 0.0203.